The fourth-order valence-electron chi connectivity index (χ4n) is 2.00. The molecule has 0 fully saturated rings. The minimum absolute atomic E-state index is 0.0766. The van der Waals surface area contributed by atoms with E-state index in [1.54, 1.807) is 6.92 Å². The van der Waals surface area contributed by atoms with Crippen molar-refractivity contribution < 1.29 is 9.53 Å². The number of amides is 1. The number of carbonyl (C=O) groups excluding carboxylic acids is 1. The van der Waals surface area contributed by atoms with Gasteiger partial charge in [-0.1, -0.05) is 43.3 Å². The maximum Gasteiger partial charge on any atom is 0.260 e. The summed E-state index contributed by atoms with van der Waals surface area (Å²) >= 11 is 0. The predicted molar refractivity (Wildman–Crippen MR) is 81.9 cm³/mol. The van der Waals surface area contributed by atoms with E-state index in [1.165, 1.54) is 0 Å². The fraction of sp³-hybridized carbons (Fsp3) is 0.353. The highest BCUT2D eigenvalue weighted by Crippen LogP contribution is 2.26. The van der Waals surface area contributed by atoms with Crippen LogP contribution in [0.1, 0.15) is 27.2 Å². The molecule has 0 saturated carbocycles. The molecule has 2 atom stereocenters. The normalized spacial score (nSPS) is 13.8. The predicted octanol–water partition coefficient (Wildman–Crippen LogP) is 3.52. The maximum atomic E-state index is 12.0. The minimum Gasteiger partial charge on any atom is -0.480 e. The second kappa shape index (κ2) is 6.42. The van der Waals surface area contributed by atoms with Crippen LogP contribution in [0, 0.1) is 0 Å². The summed E-state index contributed by atoms with van der Waals surface area (Å²) in [7, 11) is 0. The van der Waals surface area contributed by atoms with E-state index in [-0.39, 0.29) is 11.9 Å². The topological polar surface area (TPSA) is 38.3 Å². The third-order valence-corrected chi connectivity index (χ3v) is 3.42. The SMILES string of the molecule is CC[C@H](C)NC(=O)[C@@H](C)Oc1cccc2ccccc12. The van der Waals surface area contributed by atoms with Crippen LogP contribution >= 0.6 is 0 Å². The number of fused-ring (bicyclic) bond motifs is 1. The molecule has 2 aromatic carbocycles. The molecule has 0 spiro atoms. The second-order valence-corrected chi connectivity index (χ2v) is 5.06. The Balaban J connectivity index is 2.14. The third-order valence-electron chi connectivity index (χ3n) is 3.42. The molecule has 0 unspecified atom stereocenters. The van der Waals surface area contributed by atoms with E-state index in [9.17, 15) is 4.79 Å². The highest BCUT2D eigenvalue weighted by molar-refractivity contribution is 5.89. The molecule has 0 aliphatic carbocycles. The molecule has 3 nitrogen and oxygen atoms in total. The van der Waals surface area contributed by atoms with Gasteiger partial charge in [0.05, 0.1) is 0 Å². The Hall–Kier alpha value is -2.03. The lowest BCUT2D eigenvalue weighted by Gasteiger charge is -2.18. The van der Waals surface area contributed by atoms with Crippen molar-refractivity contribution in [1.82, 2.24) is 5.32 Å². The van der Waals surface area contributed by atoms with Crippen LogP contribution in [0.5, 0.6) is 5.75 Å². The molecule has 0 aromatic heterocycles. The van der Waals surface area contributed by atoms with Crippen LogP contribution in [-0.4, -0.2) is 18.1 Å². The average Bonchev–Trinajstić information content (AvgIpc) is 2.47. The van der Waals surface area contributed by atoms with E-state index in [4.69, 9.17) is 4.74 Å². The molecule has 2 aromatic rings. The summed E-state index contributed by atoms with van der Waals surface area (Å²) < 4.78 is 5.82. The zero-order chi connectivity index (χ0) is 14.5. The molecule has 2 rings (SSSR count). The lowest BCUT2D eigenvalue weighted by molar-refractivity contribution is -0.127. The molecule has 106 valence electrons. The first-order valence-electron chi connectivity index (χ1n) is 7.06. The highest BCUT2D eigenvalue weighted by atomic mass is 16.5. The monoisotopic (exact) mass is 271 g/mol. The molecule has 1 N–H and O–H groups in total. The van der Waals surface area contributed by atoms with E-state index >= 15 is 0 Å². The summed E-state index contributed by atoms with van der Waals surface area (Å²) in [6.45, 7) is 5.81. The van der Waals surface area contributed by atoms with Gasteiger partial charge >= 0.3 is 0 Å². The van der Waals surface area contributed by atoms with E-state index < -0.39 is 6.10 Å². The van der Waals surface area contributed by atoms with E-state index in [1.807, 2.05) is 56.3 Å². The minimum atomic E-state index is -0.505. The summed E-state index contributed by atoms with van der Waals surface area (Å²) in [4.78, 5) is 12.0. The van der Waals surface area contributed by atoms with Gasteiger partial charge in [-0.05, 0) is 31.7 Å². The summed E-state index contributed by atoms with van der Waals surface area (Å²) in [5.74, 6) is 0.669. The molecule has 20 heavy (non-hydrogen) atoms. The Morgan fingerprint density at radius 1 is 1.15 bits per heavy atom. The molecular formula is C17H21NO2. The number of carbonyl (C=O) groups is 1. The van der Waals surface area contributed by atoms with Crippen LogP contribution in [0.4, 0.5) is 0 Å². The molecular weight excluding hydrogens is 250 g/mol. The van der Waals surface area contributed by atoms with Crippen molar-refractivity contribution in [2.75, 3.05) is 0 Å². The van der Waals surface area contributed by atoms with Crippen LogP contribution < -0.4 is 10.1 Å². The molecule has 3 heteroatoms. The van der Waals surface area contributed by atoms with Gasteiger partial charge in [0, 0.05) is 11.4 Å². The molecule has 1 amide bonds. The standard InChI is InChI=1S/C17H21NO2/c1-4-12(2)18-17(19)13(3)20-16-11-7-9-14-8-5-6-10-15(14)16/h5-13H,4H2,1-3H3,(H,18,19)/t12-,13+/m0/s1. The fourth-order valence-corrected chi connectivity index (χ4v) is 2.00. The van der Waals surface area contributed by atoms with Gasteiger partial charge in [-0.15, -0.1) is 0 Å². The quantitative estimate of drug-likeness (QED) is 0.903. The number of ether oxygens (including phenoxy) is 1. The number of hydrogen-bond donors (Lipinski definition) is 1. The van der Waals surface area contributed by atoms with Crippen LogP contribution in [0.2, 0.25) is 0 Å². The molecule has 0 heterocycles. The number of rotatable bonds is 5. The van der Waals surface area contributed by atoms with Crippen molar-refractivity contribution in [2.45, 2.75) is 39.3 Å². The van der Waals surface area contributed by atoms with Crippen molar-refractivity contribution in [1.29, 1.82) is 0 Å². The summed E-state index contributed by atoms with van der Waals surface area (Å²) in [5.41, 5.74) is 0. The van der Waals surface area contributed by atoms with E-state index in [0.29, 0.717) is 0 Å². The Morgan fingerprint density at radius 2 is 1.85 bits per heavy atom. The van der Waals surface area contributed by atoms with Gasteiger partial charge in [-0.2, -0.15) is 0 Å². The lowest BCUT2D eigenvalue weighted by atomic mass is 10.1. The molecule has 0 aliphatic rings. The van der Waals surface area contributed by atoms with Crippen molar-refractivity contribution in [2.24, 2.45) is 0 Å². The summed E-state index contributed by atoms with van der Waals surface area (Å²) in [5, 5.41) is 5.07. The Morgan fingerprint density at radius 3 is 2.60 bits per heavy atom. The summed E-state index contributed by atoms with van der Waals surface area (Å²) in [6.07, 6.45) is 0.405. The Labute approximate surface area is 119 Å². The van der Waals surface area contributed by atoms with Crippen molar-refractivity contribution in [3.8, 4) is 5.75 Å². The molecule has 0 bridgehead atoms. The zero-order valence-corrected chi connectivity index (χ0v) is 12.2. The molecule has 0 aliphatic heterocycles. The van der Waals surface area contributed by atoms with Crippen molar-refractivity contribution >= 4 is 16.7 Å². The number of nitrogens with one attached hydrogen (secondary N) is 1. The summed E-state index contributed by atoms with van der Waals surface area (Å²) in [6, 6.07) is 14.0. The molecule has 0 radical (unpaired) electrons. The lowest BCUT2D eigenvalue weighted by Crippen LogP contribution is -2.41. The first-order chi connectivity index (χ1) is 9.61. The smallest absolute Gasteiger partial charge is 0.260 e. The molecule has 0 saturated heterocycles. The van der Waals surface area contributed by atoms with E-state index in [0.717, 1.165) is 22.9 Å². The highest BCUT2D eigenvalue weighted by Gasteiger charge is 2.17. The van der Waals surface area contributed by atoms with Crippen LogP contribution in [0.3, 0.4) is 0 Å². The average molecular weight is 271 g/mol. The Kier molecular flexibility index (Phi) is 4.61. The van der Waals surface area contributed by atoms with Gasteiger partial charge < -0.3 is 10.1 Å². The second-order valence-electron chi connectivity index (χ2n) is 5.06. The van der Waals surface area contributed by atoms with Crippen molar-refractivity contribution in [3.63, 3.8) is 0 Å². The largest absolute Gasteiger partial charge is 0.480 e. The van der Waals surface area contributed by atoms with Crippen LogP contribution in [0.25, 0.3) is 10.8 Å². The van der Waals surface area contributed by atoms with Crippen molar-refractivity contribution in [3.05, 3.63) is 42.5 Å². The number of hydrogen-bond acceptors (Lipinski definition) is 2. The van der Waals surface area contributed by atoms with Gasteiger partial charge in [-0.3, -0.25) is 4.79 Å². The maximum absolute atomic E-state index is 12.0. The van der Waals surface area contributed by atoms with Gasteiger partial charge in [0.25, 0.3) is 5.91 Å². The first-order valence-corrected chi connectivity index (χ1v) is 7.06. The Bertz CT molecular complexity index is 589. The zero-order valence-electron chi connectivity index (χ0n) is 12.2. The van der Waals surface area contributed by atoms with E-state index in [2.05, 4.69) is 5.32 Å². The van der Waals surface area contributed by atoms with Gasteiger partial charge in [0.2, 0.25) is 0 Å². The van der Waals surface area contributed by atoms with Gasteiger partial charge in [0.1, 0.15) is 5.75 Å². The van der Waals surface area contributed by atoms with Gasteiger partial charge in [0.15, 0.2) is 6.10 Å². The van der Waals surface area contributed by atoms with Gasteiger partial charge in [-0.25, -0.2) is 0 Å². The van der Waals surface area contributed by atoms with Crippen LogP contribution in [0.15, 0.2) is 42.5 Å². The van der Waals surface area contributed by atoms with Crippen LogP contribution in [-0.2, 0) is 4.79 Å². The number of benzene rings is 2. The first kappa shape index (κ1) is 14.4. The third kappa shape index (κ3) is 3.29.